The van der Waals surface area contributed by atoms with E-state index in [2.05, 4.69) is 38.2 Å². The molecule has 0 spiro atoms. The normalized spacial score (nSPS) is 19.0. The van der Waals surface area contributed by atoms with E-state index in [4.69, 9.17) is 4.98 Å². The molecule has 0 bridgehead atoms. The van der Waals surface area contributed by atoms with Gasteiger partial charge >= 0.3 is 0 Å². The molecule has 2 aromatic heterocycles. The molecule has 1 atom stereocenters. The Balaban J connectivity index is 1.25. The average Bonchev–Trinajstić information content (AvgIpc) is 3.26. The third-order valence-electron chi connectivity index (χ3n) is 7.04. The molecule has 7 heteroatoms. The lowest BCUT2D eigenvalue weighted by Crippen LogP contribution is -2.32. The topological polar surface area (TPSA) is 77.2 Å². The minimum atomic E-state index is 0.0552. The number of amides is 1. The number of nitrogens with zero attached hydrogens (tertiary/aromatic N) is 4. The Morgan fingerprint density at radius 2 is 2.06 bits per heavy atom. The van der Waals surface area contributed by atoms with Crippen LogP contribution in [0.5, 0.6) is 0 Å². The maximum absolute atomic E-state index is 12.6. The van der Waals surface area contributed by atoms with Gasteiger partial charge in [-0.1, -0.05) is 18.6 Å². The van der Waals surface area contributed by atoms with Crippen LogP contribution in [0.1, 0.15) is 61.6 Å². The molecule has 174 valence electrons. The summed E-state index contributed by atoms with van der Waals surface area (Å²) in [5.41, 5.74) is 5.12. The highest BCUT2D eigenvalue weighted by Gasteiger charge is 2.25. The molecule has 7 nitrogen and oxygen atoms in total. The Morgan fingerprint density at radius 1 is 1.18 bits per heavy atom. The van der Waals surface area contributed by atoms with E-state index < -0.39 is 0 Å². The van der Waals surface area contributed by atoms with E-state index in [-0.39, 0.29) is 5.91 Å². The van der Waals surface area contributed by atoms with Crippen LogP contribution in [-0.2, 0) is 17.8 Å². The number of piperidine rings is 1. The van der Waals surface area contributed by atoms with Gasteiger partial charge in [-0.05, 0) is 76.0 Å². The van der Waals surface area contributed by atoms with E-state index in [1.807, 2.05) is 30.5 Å². The fourth-order valence-electron chi connectivity index (χ4n) is 5.27. The van der Waals surface area contributed by atoms with E-state index in [9.17, 15) is 4.79 Å². The summed E-state index contributed by atoms with van der Waals surface area (Å²) in [4.78, 5) is 30.3. The van der Waals surface area contributed by atoms with Crippen molar-refractivity contribution in [2.75, 3.05) is 32.0 Å². The predicted octanol–water partition coefficient (Wildman–Crippen LogP) is 4.28. The fourth-order valence-corrected chi connectivity index (χ4v) is 5.27. The minimum Gasteiger partial charge on any atom is -0.341 e. The van der Waals surface area contributed by atoms with Gasteiger partial charge in [-0.15, -0.1) is 0 Å². The predicted molar refractivity (Wildman–Crippen MR) is 131 cm³/mol. The molecule has 1 aliphatic carbocycles. The molecule has 33 heavy (non-hydrogen) atoms. The summed E-state index contributed by atoms with van der Waals surface area (Å²) in [6, 6.07) is 10.5. The molecule has 1 aromatic carbocycles. The van der Waals surface area contributed by atoms with Crippen molar-refractivity contribution < 1.29 is 4.79 Å². The highest BCUT2D eigenvalue weighted by molar-refractivity contribution is 5.99. The van der Waals surface area contributed by atoms with Gasteiger partial charge in [0.25, 0.3) is 0 Å². The number of aromatic amines is 1. The van der Waals surface area contributed by atoms with Crippen LogP contribution in [-0.4, -0.2) is 57.3 Å². The Bertz CT molecular complexity index is 1100. The first-order valence-electron chi connectivity index (χ1n) is 12.3. The molecular weight excluding hydrogens is 412 g/mol. The average molecular weight is 447 g/mol. The number of pyridine rings is 1. The van der Waals surface area contributed by atoms with Crippen LogP contribution in [0.15, 0.2) is 36.5 Å². The number of hydrogen-bond acceptors (Lipinski definition) is 5. The Hall–Kier alpha value is -2.77. The number of H-pyrrole nitrogens is 1. The summed E-state index contributed by atoms with van der Waals surface area (Å²) in [6.45, 7) is 3.76. The van der Waals surface area contributed by atoms with Crippen molar-refractivity contribution in [1.29, 1.82) is 0 Å². The monoisotopic (exact) mass is 446 g/mol. The molecule has 2 aliphatic rings. The standard InChI is InChI=1S/C26H34N6O/c1-31(22-12-5-8-19-9-7-14-27-25(19)22)18-23-28-20-10-6-11-21(26(20)30-23)29-24(33)13-17-32-15-3-2-4-16-32/h6-7,9-11,14,22H,2-5,8,12-13,15-18H2,1H3,(H,28,30)(H,29,33). The lowest BCUT2D eigenvalue weighted by Gasteiger charge is -2.31. The van der Waals surface area contributed by atoms with Gasteiger partial charge in [0.1, 0.15) is 11.3 Å². The van der Waals surface area contributed by atoms with Crippen molar-refractivity contribution in [2.24, 2.45) is 0 Å². The molecule has 1 unspecified atom stereocenters. The molecular formula is C26H34N6O. The molecule has 1 saturated heterocycles. The van der Waals surface area contributed by atoms with Crippen molar-refractivity contribution in [1.82, 2.24) is 24.8 Å². The number of carbonyl (C=O) groups is 1. The summed E-state index contributed by atoms with van der Waals surface area (Å²) in [5, 5.41) is 3.10. The number of benzene rings is 1. The van der Waals surface area contributed by atoms with Crippen LogP contribution in [0.4, 0.5) is 5.69 Å². The van der Waals surface area contributed by atoms with Crippen LogP contribution < -0.4 is 5.32 Å². The van der Waals surface area contributed by atoms with Crippen molar-refractivity contribution in [2.45, 2.75) is 57.5 Å². The van der Waals surface area contributed by atoms with E-state index in [0.29, 0.717) is 19.0 Å². The number of rotatable bonds is 7. The minimum absolute atomic E-state index is 0.0552. The van der Waals surface area contributed by atoms with Crippen LogP contribution in [0, 0.1) is 0 Å². The van der Waals surface area contributed by atoms with Gasteiger partial charge in [-0.3, -0.25) is 14.7 Å². The first-order valence-corrected chi connectivity index (χ1v) is 12.3. The van der Waals surface area contributed by atoms with Gasteiger partial charge in [0.2, 0.25) is 5.91 Å². The number of aromatic nitrogens is 3. The van der Waals surface area contributed by atoms with Gasteiger partial charge in [-0.2, -0.15) is 0 Å². The molecule has 5 rings (SSSR count). The second-order valence-corrected chi connectivity index (χ2v) is 9.46. The van der Waals surface area contributed by atoms with Gasteiger partial charge in [0, 0.05) is 19.2 Å². The molecule has 1 aliphatic heterocycles. The van der Waals surface area contributed by atoms with Gasteiger partial charge in [0.15, 0.2) is 0 Å². The van der Waals surface area contributed by atoms with Crippen LogP contribution in [0.2, 0.25) is 0 Å². The van der Waals surface area contributed by atoms with E-state index in [0.717, 1.165) is 55.0 Å². The molecule has 1 fully saturated rings. The third-order valence-corrected chi connectivity index (χ3v) is 7.04. The smallest absolute Gasteiger partial charge is 0.225 e. The number of hydrogen-bond donors (Lipinski definition) is 2. The lowest BCUT2D eigenvalue weighted by atomic mass is 9.91. The van der Waals surface area contributed by atoms with Crippen molar-refractivity contribution in [3.63, 3.8) is 0 Å². The zero-order chi connectivity index (χ0) is 22.6. The van der Waals surface area contributed by atoms with Crippen molar-refractivity contribution in [3.8, 4) is 0 Å². The van der Waals surface area contributed by atoms with Gasteiger partial charge in [0.05, 0.1) is 29.5 Å². The van der Waals surface area contributed by atoms with Gasteiger partial charge in [-0.25, -0.2) is 4.98 Å². The van der Waals surface area contributed by atoms with Crippen LogP contribution >= 0.6 is 0 Å². The zero-order valence-corrected chi connectivity index (χ0v) is 19.5. The summed E-state index contributed by atoms with van der Waals surface area (Å²) >= 11 is 0. The van der Waals surface area contributed by atoms with E-state index >= 15 is 0 Å². The fraction of sp³-hybridized carbons (Fsp3) is 0.500. The Kier molecular flexibility index (Phi) is 6.69. The first-order chi connectivity index (χ1) is 16.2. The lowest BCUT2D eigenvalue weighted by molar-refractivity contribution is -0.116. The maximum atomic E-state index is 12.6. The maximum Gasteiger partial charge on any atom is 0.225 e. The second kappa shape index (κ2) is 10.0. The van der Waals surface area contributed by atoms with Gasteiger partial charge < -0.3 is 15.2 Å². The van der Waals surface area contributed by atoms with Crippen molar-refractivity contribution >= 4 is 22.6 Å². The second-order valence-electron chi connectivity index (χ2n) is 9.46. The summed E-state index contributed by atoms with van der Waals surface area (Å²) < 4.78 is 0. The molecule has 0 radical (unpaired) electrons. The summed E-state index contributed by atoms with van der Waals surface area (Å²) in [7, 11) is 2.14. The molecule has 3 aromatic rings. The Morgan fingerprint density at radius 3 is 2.94 bits per heavy atom. The largest absolute Gasteiger partial charge is 0.341 e. The van der Waals surface area contributed by atoms with E-state index in [1.165, 1.54) is 36.9 Å². The number of anilines is 1. The number of para-hydroxylation sites is 1. The summed E-state index contributed by atoms with van der Waals surface area (Å²) in [5.74, 6) is 0.963. The first kappa shape index (κ1) is 22.0. The third kappa shape index (κ3) is 5.09. The number of nitrogens with one attached hydrogen (secondary N) is 2. The quantitative estimate of drug-likeness (QED) is 0.566. The Labute approximate surface area is 195 Å². The SMILES string of the molecule is CN(Cc1nc2c(NC(=O)CCN3CCCCC3)cccc2[nH]1)C1CCCc2cccnc21. The zero-order valence-electron chi connectivity index (χ0n) is 19.5. The number of carbonyl (C=O) groups excluding carboxylic acids is 1. The van der Waals surface area contributed by atoms with Crippen LogP contribution in [0.25, 0.3) is 11.0 Å². The summed E-state index contributed by atoms with van der Waals surface area (Å²) in [6.07, 6.45) is 9.61. The van der Waals surface area contributed by atoms with Crippen molar-refractivity contribution in [3.05, 3.63) is 53.6 Å². The number of aryl methyl sites for hydroxylation is 1. The molecule has 3 heterocycles. The van der Waals surface area contributed by atoms with E-state index in [1.54, 1.807) is 0 Å². The number of likely N-dealkylation sites (tertiary alicyclic amines) is 1. The van der Waals surface area contributed by atoms with Crippen LogP contribution in [0.3, 0.4) is 0 Å². The highest BCUT2D eigenvalue weighted by atomic mass is 16.1. The number of fused-ring (bicyclic) bond motifs is 2. The molecule has 2 N–H and O–H groups in total. The molecule has 1 amide bonds. The molecule has 0 saturated carbocycles. The number of imidazole rings is 1. The highest BCUT2D eigenvalue weighted by Crippen LogP contribution is 2.33.